The molecule has 2 rings (SSSR count). The van der Waals surface area contributed by atoms with Crippen LogP contribution in [0, 0.1) is 0 Å². The molecule has 0 saturated carbocycles. The summed E-state index contributed by atoms with van der Waals surface area (Å²) < 4.78 is 5.11. The van der Waals surface area contributed by atoms with E-state index < -0.39 is 0 Å². The predicted molar refractivity (Wildman–Crippen MR) is 68.0 cm³/mol. The van der Waals surface area contributed by atoms with E-state index in [0.717, 1.165) is 19.4 Å². The second-order valence-electron chi connectivity index (χ2n) is 4.27. The van der Waals surface area contributed by atoms with Gasteiger partial charge in [-0.3, -0.25) is 4.79 Å². The lowest BCUT2D eigenvalue weighted by Gasteiger charge is -2.10. The average Bonchev–Trinajstić information content (AvgIpc) is 2.82. The van der Waals surface area contributed by atoms with Crippen LogP contribution < -0.4 is 10.1 Å². The third kappa shape index (κ3) is 2.99. The van der Waals surface area contributed by atoms with Crippen LogP contribution in [-0.2, 0) is 0 Å². The number of ether oxygens (including phenoxy) is 1. The smallest absolute Gasteiger partial charge is 0.164 e. The molecular weight excluding hydrogens is 238 g/mol. The summed E-state index contributed by atoms with van der Waals surface area (Å²) in [4.78, 5) is 12.0. The SMILES string of the molecule is COc1cc(C(=O)CC2CCCN2)ccc1Cl. The molecule has 1 aromatic rings. The largest absolute Gasteiger partial charge is 0.495 e. The Morgan fingerprint density at radius 1 is 1.59 bits per heavy atom. The van der Waals surface area contributed by atoms with Gasteiger partial charge in [0.2, 0.25) is 0 Å². The average molecular weight is 254 g/mol. The zero-order valence-corrected chi connectivity index (χ0v) is 10.6. The molecular formula is C13H16ClNO2. The van der Waals surface area contributed by atoms with Crippen LogP contribution >= 0.6 is 11.6 Å². The lowest BCUT2D eigenvalue weighted by atomic mass is 10.0. The molecule has 1 aromatic carbocycles. The van der Waals surface area contributed by atoms with E-state index in [4.69, 9.17) is 16.3 Å². The number of ketones is 1. The van der Waals surface area contributed by atoms with Gasteiger partial charge in [-0.15, -0.1) is 0 Å². The lowest BCUT2D eigenvalue weighted by Crippen LogP contribution is -2.24. The van der Waals surface area contributed by atoms with Gasteiger partial charge in [-0.1, -0.05) is 11.6 Å². The minimum atomic E-state index is 0.138. The van der Waals surface area contributed by atoms with E-state index in [0.29, 0.717) is 28.8 Å². The standard InChI is InChI=1S/C13H16ClNO2/c1-17-13-7-9(4-5-11(13)14)12(16)8-10-3-2-6-15-10/h4-5,7,10,15H,2-3,6,8H2,1H3. The van der Waals surface area contributed by atoms with E-state index in [9.17, 15) is 4.79 Å². The summed E-state index contributed by atoms with van der Waals surface area (Å²) in [5.74, 6) is 0.691. The van der Waals surface area contributed by atoms with Crippen molar-refractivity contribution < 1.29 is 9.53 Å². The summed E-state index contributed by atoms with van der Waals surface area (Å²) in [6.45, 7) is 1.02. The summed E-state index contributed by atoms with van der Waals surface area (Å²) in [6, 6.07) is 5.49. The highest BCUT2D eigenvalue weighted by Crippen LogP contribution is 2.26. The first kappa shape index (κ1) is 12.4. The van der Waals surface area contributed by atoms with Crippen LogP contribution in [0.15, 0.2) is 18.2 Å². The normalized spacial score (nSPS) is 19.3. The number of nitrogens with one attached hydrogen (secondary N) is 1. The van der Waals surface area contributed by atoms with Gasteiger partial charge in [-0.25, -0.2) is 0 Å². The van der Waals surface area contributed by atoms with Crippen LogP contribution in [0.1, 0.15) is 29.6 Å². The summed E-state index contributed by atoms with van der Waals surface area (Å²) in [7, 11) is 1.55. The molecule has 0 radical (unpaired) electrons. The Morgan fingerprint density at radius 2 is 2.41 bits per heavy atom. The summed E-state index contributed by atoms with van der Waals surface area (Å²) in [5.41, 5.74) is 0.667. The second-order valence-corrected chi connectivity index (χ2v) is 4.68. The molecule has 1 aliphatic rings. The van der Waals surface area contributed by atoms with Gasteiger partial charge in [-0.05, 0) is 37.6 Å². The fourth-order valence-electron chi connectivity index (χ4n) is 2.11. The summed E-state index contributed by atoms with van der Waals surface area (Å²) >= 11 is 5.92. The number of Topliss-reactive ketones (excluding diaryl/α,β-unsaturated/α-hetero) is 1. The van der Waals surface area contributed by atoms with Crippen molar-refractivity contribution in [1.29, 1.82) is 0 Å². The number of carbonyl (C=O) groups excluding carboxylic acids is 1. The van der Waals surface area contributed by atoms with Crippen molar-refractivity contribution in [1.82, 2.24) is 5.32 Å². The van der Waals surface area contributed by atoms with E-state index in [2.05, 4.69) is 5.32 Å². The second kappa shape index (κ2) is 5.52. The number of methoxy groups -OCH3 is 1. The van der Waals surface area contributed by atoms with Gasteiger partial charge in [0.15, 0.2) is 5.78 Å². The Kier molecular flexibility index (Phi) is 4.02. The van der Waals surface area contributed by atoms with Crippen LogP contribution in [0.25, 0.3) is 0 Å². The minimum absolute atomic E-state index is 0.138. The van der Waals surface area contributed by atoms with Crippen LogP contribution in [0.3, 0.4) is 0 Å². The highest BCUT2D eigenvalue weighted by Gasteiger charge is 2.19. The first-order valence-corrected chi connectivity index (χ1v) is 6.18. The van der Waals surface area contributed by atoms with Crippen LogP contribution in [0.5, 0.6) is 5.75 Å². The molecule has 4 heteroatoms. The zero-order chi connectivity index (χ0) is 12.3. The highest BCUT2D eigenvalue weighted by atomic mass is 35.5. The van der Waals surface area contributed by atoms with Crippen molar-refractivity contribution in [3.05, 3.63) is 28.8 Å². The van der Waals surface area contributed by atoms with Crippen LogP contribution in [-0.4, -0.2) is 25.5 Å². The molecule has 0 aromatic heterocycles. The van der Waals surface area contributed by atoms with Crippen LogP contribution in [0.2, 0.25) is 5.02 Å². The van der Waals surface area contributed by atoms with Crippen LogP contribution in [0.4, 0.5) is 0 Å². The van der Waals surface area contributed by atoms with E-state index in [-0.39, 0.29) is 5.78 Å². The van der Waals surface area contributed by atoms with Gasteiger partial charge in [0.05, 0.1) is 12.1 Å². The Morgan fingerprint density at radius 3 is 3.06 bits per heavy atom. The van der Waals surface area contributed by atoms with Crippen molar-refractivity contribution in [2.75, 3.05) is 13.7 Å². The number of hydrogen-bond donors (Lipinski definition) is 1. The van der Waals surface area contributed by atoms with Gasteiger partial charge in [0, 0.05) is 18.0 Å². The molecule has 1 aliphatic heterocycles. The molecule has 1 heterocycles. The molecule has 1 atom stereocenters. The Balaban J connectivity index is 2.07. The fraction of sp³-hybridized carbons (Fsp3) is 0.462. The first-order valence-electron chi connectivity index (χ1n) is 5.81. The van der Waals surface area contributed by atoms with E-state index in [1.807, 2.05) is 0 Å². The molecule has 0 spiro atoms. The Labute approximate surface area is 106 Å². The monoisotopic (exact) mass is 253 g/mol. The third-order valence-corrected chi connectivity index (χ3v) is 3.38. The molecule has 1 unspecified atom stereocenters. The van der Waals surface area contributed by atoms with Gasteiger partial charge in [0.25, 0.3) is 0 Å². The fourth-order valence-corrected chi connectivity index (χ4v) is 2.30. The molecule has 3 nitrogen and oxygen atoms in total. The summed E-state index contributed by atoms with van der Waals surface area (Å²) in [5, 5.41) is 3.85. The Bertz CT molecular complexity index is 414. The molecule has 0 amide bonds. The number of benzene rings is 1. The molecule has 0 bridgehead atoms. The number of rotatable bonds is 4. The number of hydrogen-bond acceptors (Lipinski definition) is 3. The highest BCUT2D eigenvalue weighted by molar-refractivity contribution is 6.32. The van der Waals surface area contributed by atoms with Crippen molar-refractivity contribution in [2.45, 2.75) is 25.3 Å². The maximum Gasteiger partial charge on any atom is 0.164 e. The number of halogens is 1. The Hall–Kier alpha value is -1.06. The molecule has 1 saturated heterocycles. The summed E-state index contributed by atoms with van der Waals surface area (Å²) in [6.07, 6.45) is 2.78. The predicted octanol–water partition coefficient (Wildman–Crippen LogP) is 2.67. The van der Waals surface area contributed by atoms with Gasteiger partial charge >= 0.3 is 0 Å². The van der Waals surface area contributed by atoms with Crippen molar-refractivity contribution in [2.24, 2.45) is 0 Å². The molecule has 17 heavy (non-hydrogen) atoms. The molecule has 1 N–H and O–H groups in total. The third-order valence-electron chi connectivity index (χ3n) is 3.07. The maximum absolute atomic E-state index is 12.0. The molecule has 1 fully saturated rings. The topological polar surface area (TPSA) is 38.3 Å². The van der Waals surface area contributed by atoms with Gasteiger partial charge in [0.1, 0.15) is 5.75 Å². The lowest BCUT2D eigenvalue weighted by molar-refractivity contribution is 0.0971. The van der Waals surface area contributed by atoms with Gasteiger partial charge in [-0.2, -0.15) is 0 Å². The minimum Gasteiger partial charge on any atom is -0.495 e. The van der Waals surface area contributed by atoms with E-state index in [1.165, 1.54) is 0 Å². The van der Waals surface area contributed by atoms with Crippen molar-refractivity contribution in [3.63, 3.8) is 0 Å². The van der Waals surface area contributed by atoms with Crippen molar-refractivity contribution in [3.8, 4) is 5.75 Å². The molecule has 92 valence electrons. The van der Waals surface area contributed by atoms with Crippen molar-refractivity contribution >= 4 is 17.4 Å². The zero-order valence-electron chi connectivity index (χ0n) is 9.83. The number of carbonyl (C=O) groups is 1. The van der Waals surface area contributed by atoms with E-state index >= 15 is 0 Å². The quantitative estimate of drug-likeness (QED) is 0.839. The van der Waals surface area contributed by atoms with Gasteiger partial charge < -0.3 is 10.1 Å². The van der Waals surface area contributed by atoms with E-state index in [1.54, 1.807) is 25.3 Å². The molecule has 0 aliphatic carbocycles. The first-order chi connectivity index (χ1) is 8.20. The maximum atomic E-state index is 12.0.